The largest absolute Gasteiger partial charge is 0.388 e. The number of nitrogens with two attached hydrogens (primary N) is 1. The van der Waals surface area contributed by atoms with E-state index in [4.69, 9.17) is 18.0 Å². The standard InChI is InChI=1S/C12H17N3S/c1-2-15(8-9-5-6-9)10-4-3-7-14-11(10)12(13)16/h3-4,7,9H,2,5-6,8H2,1H3,(H2,13,16). The lowest BCUT2D eigenvalue weighted by Crippen LogP contribution is -2.28. The minimum atomic E-state index is 0.379. The fourth-order valence-electron chi connectivity index (χ4n) is 1.85. The maximum Gasteiger partial charge on any atom is 0.124 e. The Labute approximate surface area is 102 Å². The van der Waals surface area contributed by atoms with Crippen molar-refractivity contribution in [2.75, 3.05) is 18.0 Å². The molecule has 1 aliphatic carbocycles. The zero-order valence-corrected chi connectivity index (χ0v) is 10.3. The van der Waals surface area contributed by atoms with E-state index in [-0.39, 0.29) is 0 Å². The first-order valence-electron chi connectivity index (χ1n) is 5.72. The molecule has 3 nitrogen and oxygen atoms in total. The second-order valence-electron chi connectivity index (χ2n) is 4.22. The zero-order chi connectivity index (χ0) is 11.5. The van der Waals surface area contributed by atoms with Gasteiger partial charge in [-0.3, -0.25) is 4.98 Å². The zero-order valence-electron chi connectivity index (χ0n) is 9.52. The fourth-order valence-corrected chi connectivity index (χ4v) is 2.01. The highest BCUT2D eigenvalue weighted by Crippen LogP contribution is 2.31. The first-order chi connectivity index (χ1) is 7.72. The van der Waals surface area contributed by atoms with E-state index in [0.717, 1.165) is 30.4 Å². The Morgan fingerprint density at radius 2 is 2.38 bits per heavy atom. The van der Waals surface area contributed by atoms with Gasteiger partial charge in [0, 0.05) is 19.3 Å². The monoisotopic (exact) mass is 235 g/mol. The second kappa shape index (κ2) is 4.78. The summed E-state index contributed by atoms with van der Waals surface area (Å²) in [5.74, 6) is 0.847. The lowest BCUT2D eigenvalue weighted by Gasteiger charge is -2.24. The molecular weight excluding hydrogens is 218 g/mol. The Kier molecular flexibility index (Phi) is 3.39. The molecule has 1 aromatic heterocycles. The number of hydrogen-bond acceptors (Lipinski definition) is 3. The molecule has 0 aliphatic heterocycles. The van der Waals surface area contributed by atoms with Gasteiger partial charge in [-0.25, -0.2) is 0 Å². The van der Waals surface area contributed by atoms with Crippen LogP contribution in [0, 0.1) is 5.92 Å². The van der Waals surface area contributed by atoms with Gasteiger partial charge < -0.3 is 10.6 Å². The van der Waals surface area contributed by atoms with Crippen molar-refractivity contribution >= 4 is 22.9 Å². The van der Waals surface area contributed by atoms with E-state index in [0.29, 0.717) is 4.99 Å². The number of nitrogens with zero attached hydrogens (tertiary/aromatic N) is 2. The van der Waals surface area contributed by atoms with Crippen molar-refractivity contribution in [1.29, 1.82) is 0 Å². The van der Waals surface area contributed by atoms with Gasteiger partial charge in [0.1, 0.15) is 10.7 Å². The van der Waals surface area contributed by atoms with Gasteiger partial charge in [-0.15, -0.1) is 0 Å². The van der Waals surface area contributed by atoms with Gasteiger partial charge in [0.2, 0.25) is 0 Å². The predicted octanol–water partition coefficient (Wildman–Crippen LogP) is 1.95. The van der Waals surface area contributed by atoms with Crippen molar-refractivity contribution in [3.63, 3.8) is 0 Å². The van der Waals surface area contributed by atoms with Gasteiger partial charge in [-0.1, -0.05) is 12.2 Å². The molecule has 16 heavy (non-hydrogen) atoms. The highest BCUT2D eigenvalue weighted by atomic mass is 32.1. The second-order valence-corrected chi connectivity index (χ2v) is 4.66. The number of anilines is 1. The quantitative estimate of drug-likeness (QED) is 0.792. The molecule has 0 aromatic carbocycles. The van der Waals surface area contributed by atoms with Crippen LogP contribution in [0.25, 0.3) is 0 Å². The van der Waals surface area contributed by atoms with Gasteiger partial charge in [0.15, 0.2) is 0 Å². The summed E-state index contributed by atoms with van der Waals surface area (Å²) in [5.41, 5.74) is 7.52. The summed E-state index contributed by atoms with van der Waals surface area (Å²) in [7, 11) is 0. The molecule has 0 saturated heterocycles. The number of aromatic nitrogens is 1. The molecule has 0 bridgehead atoms. The van der Waals surface area contributed by atoms with E-state index in [2.05, 4.69) is 16.8 Å². The Morgan fingerprint density at radius 3 is 2.94 bits per heavy atom. The van der Waals surface area contributed by atoms with E-state index in [9.17, 15) is 0 Å². The van der Waals surface area contributed by atoms with Crippen LogP contribution in [0.4, 0.5) is 5.69 Å². The maximum absolute atomic E-state index is 5.70. The summed E-state index contributed by atoms with van der Waals surface area (Å²) in [5, 5.41) is 0. The van der Waals surface area contributed by atoms with Crippen LogP contribution >= 0.6 is 12.2 Å². The van der Waals surface area contributed by atoms with Gasteiger partial charge in [-0.2, -0.15) is 0 Å². The summed E-state index contributed by atoms with van der Waals surface area (Å²) in [6.45, 7) is 4.22. The van der Waals surface area contributed by atoms with Crippen molar-refractivity contribution in [3.05, 3.63) is 24.0 Å². The molecule has 86 valence electrons. The van der Waals surface area contributed by atoms with Crippen LogP contribution < -0.4 is 10.6 Å². The minimum Gasteiger partial charge on any atom is -0.388 e. The van der Waals surface area contributed by atoms with E-state index < -0.39 is 0 Å². The van der Waals surface area contributed by atoms with Gasteiger partial charge >= 0.3 is 0 Å². The lowest BCUT2D eigenvalue weighted by molar-refractivity contribution is 0.740. The van der Waals surface area contributed by atoms with Crippen LogP contribution in [0.3, 0.4) is 0 Å². The summed E-state index contributed by atoms with van der Waals surface area (Å²) < 4.78 is 0. The molecule has 0 spiro atoms. The summed E-state index contributed by atoms with van der Waals surface area (Å²) in [6.07, 6.45) is 4.43. The average molecular weight is 235 g/mol. The summed E-state index contributed by atoms with van der Waals surface area (Å²) in [6, 6.07) is 3.99. The number of thiocarbonyl (C=S) groups is 1. The third kappa shape index (κ3) is 2.50. The van der Waals surface area contributed by atoms with Gasteiger partial charge in [0.05, 0.1) is 5.69 Å². The van der Waals surface area contributed by atoms with Gasteiger partial charge in [0.25, 0.3) is 0 Å². The topological polar surface area (TPSA) is 42.2 Å². The van der Waals surface area contributed by atoms with Gasteiger partial charge in [-0.05, 0) is 37.8 Å². The molecule has 1 aromatic rings. The van der Waals surface area contributed by atoms with Crippen LogP contribution in [0.1, 0.15) is 25.5 Å². The van der Waals surface area contributed by atoms with Crippen molar-refractivity contribution < 1.29 is 0 Å². The average Bonchev–Trinajstić information content (AvgIpc) is 3.09. The molecule has 2 rings (SSSR count). The first-order valence-corrected chi connectivity index (χ1v) is 6.13. The van der Waals surface area contributed by atoms with Crippen LogP contribution in [0.2, 0.25) is 0 Å². The molecule has 2 N–H and O–H groups in total. The molecule has 0 radical (unpaired) electrons. The Hall–Kier alpha value is -1.16. The van der Waals surface area contributed by atoms with Crippen molar-refractivity contribution in [1.82, 2.24) is 4.98 Å². The molecule has 1 aliphatic rings. The SMILES string of the molecule is CCN(CC1CC1)c1cccnc1C(N)=S. The van der Waals surface area contributed by atoms with Crippen LogP contribution in [0.5, 0.6) is 0 Å². The summed E-state index contributed by atoms with van der Waals surface area (Å²) >= 11 is 5.03. The lowest BCUT2D eigenvalue weighted by atomic mass is 10.2. The number of rotatable bonds is 5. The molecular formula is C12H17N3S. The minimum absolute atomic E-state index is 0.379. The smallest absolute Gasteiger partial charge is 0.124 e. The van der Waals surface area contributed by atoms with Crippen molar-refractivity contribution in [2.24, 2.45) is 11.7 Å². The Morgan fingerprint density at radius 1 is 1.62 bits per heavy atom. The molecule has 1 saturated carbocycles. The van der Waals surface area contributed by atoms with E-state index in [1.165, 1.54) is 12.8 Å². The Balaban J connectivity index is 2.24. The normalized spacial score (nSPS) is 14.8. The van der Waals surface area contributed by atoms with E-state index in [1.807, 2.05) is 12.1 Å². The molecule has 0 unspecified atom stereocenters. The third-order valence-electron chi connectivity index (χ3n) is 2.92. The van der Waals surface area contributed by atoms with E-state index in [1.54, 1.807) is 6.20 Å². The van der Waals surface area contributed by atoms with Crippen molar-refractivity contribution in [2.45, 2.75) is 19.8 Å². The number of hydrogen-bond donors (Lipinski definition) is 1. The first kappa shape index (κ1) is 11.3. The van der Waals surface area contributed by atoms with Crippen molar-refractivity contribution in [3.8, 4) is 0 Å². The molecule has 1 heterocycles. The molecule has 0 atom stereocenters. The summed E-state index contributed by atoms with van der Waals surface area (Å²) in [4.78, 5) is 6.96. The maximum atomic E-state index is 5.70. The Bertz CT molecular complexity index is 388. The fraction of sp³-hybridized carbons (Fsp3) is 0.500. The van der Waals surface area contributed by atoms with Crippen LogP contribution in [-0.2, 0) is 0 Å². The molecule has 1 fully saturated rings. The van der Waals surface area contributed by atoms with E-state index >= 15 is 0 Å². The highest BCUT2D eigenvalue weighted by molar-refractivity contribution is 7.80. The van der Waals surface area contributed by atoms with Crippen LogP contribution in [0.15, 0.2) is 18.3 Å². The highest BCUT2D eigenvalue weighted by Gasteiger charge is 2.25. The molecule has 0 amide bonds. The molecule has 4 heteroatoms. The predicted molar refractivity (Wildman–Crippen MR) is 70.7 cm³/mol. The third-order valence-corrected chi connectivity index (χ3v) is 3.11. The van der Waals surface area contributed by atoms with Crippen LogP contribution in [-0.4, -0.2) is 23.1 Å². The number of pyridine rings is 1.